The zero-order valence-electron chi connectivity index (χ0n) is 19.4. The highest BCUT2D eigenvalue weighted by Gasteiger charge is 2.20. The van der Waals surface area contributed by atoms with Crippen molar-refractivity contribution in [3.05, 3.63) is 30.1 Å². The van der Waals surface area contributed by atoms with Gasteiger partial charge in [-0.3, -0.25) is 14.9 Å². The lowest BCUT2D eigenvalue weighted by molar-refractivity contribution is 0.196. The van der Waals surface area contributed by atoms with E-state index < -0.39 is 0 Å². The van der Waals surface area contributed by atoms with Crippen molar-refractivity contribution in [2.24, 2.45) is 4.99 Å². The maximum atomic E-state index is 4.84. The maximum absolute atomic E-state index is 4.84. The third kappa shape index (κ3) is 10.5. The number of aromatic nitrogens is 1. The van der Waals surface area contributed by atoms with E-state index in [1.165, 1.54) is 63.9 Å². The molecule has 2 saturated heterocycles. The average molecular weight is 543 g/mol. The van der Waals surface area contributed by atoms with E-state index in [1.807, 2.05) is 12.3 Å². The fourth-order valence-electron chi connectivity index (χ4n) is 4.47. The van der Waals surface area contributed by atoms with E-state index in [1.54, 1.807) is 0 Å². The van der Waals surface area contributed by atoms with Gasteiger partial charge in [0, 0.05) is 45.0 Å². The van der Waals surface area contributed by atoms with Crippen LogP contribution in [-0.2, 0) is 6.54 Å². The molecule has 176 valence electrons. The second-order valence-electron chi connectivity index (χ2n) is 8.74. The van der Waals surface area contributed by atoms with Crippen LogP contribution in [0.1, 0.15) is 64.0 Å². The molecular weight excluding hydrogens is 499 g/mol. The van der Waals surface area contributed by atoms with Gasteiger partial charge >= 0.3 is 0 Å². The Balaban J connectivity index is 0.00000341. The SMILES string of the molecule is CCNC(=NCCCCCN1CCCCC1)NC1CCN(Cc2ccccn2)CC1.I. The van der Waals surface area contributed by atoms with Crippen LogP contribution >= 0.6 is 24.0 Å². The predicted molar refractivity (Wildman–Crippen MR) is 141 cm³/mol. The molecule has 7 heteroatoms. The maximum Gasteiger partial charge on any atom is 0.191 e. The molecule has 0 bridgehead atoms. The van der Waals surface area contributed by atoms with Gasteiger partial charge in [-0.1, -0.05) is 18.9 Å². The summed E-state index contributed by atoms with van der Waals surface area (Å²) in [5.41, 5.74) is 1.17. The number of pyridine rings is 1. The van der Waals surface area contributed by atoms with E-state index in [2.05, 4.69) is 44.5 Å². The summed E-state index contributed by atoms with van der Waals surface area (Å²) < 4.78 is 0. The molecule has 6 nitrogen and oxygen atoms in total. The van der Waals surface area contributed by atoms with Crippen LogP contribution in [0.2, 0.25) is 0 Å². The van der Waals surface area contributed by atoms with Crippen LogP contribution in [0.4, 0.5) is 0 Å². The van der Waals surface area contributed by atoms with E-state index in [-0.39, 0.29) is 24.0 Å². The van der Waals surface area contributed by atoms with Crippen molar-refractivity contribution in [1.29, 1.82) is 0 Å². The molecule has 0 radical (unpaired) electrons. The molecule has 0 amide bonds. The monoisotopic (exact) mass is 542 g/mol. The Morgan fingerprint density at radius 2 is 1.84 bits per heavy atom. The number of aliphatic imine (C=N–C) groups is 1. The average Bonchev–Trinajstić information content (AvgIpc) is 2.79. The highest BCUT2D eigenvalue weighted by Crippen LogP contribution is 2.13. The molecule has 3 rings (SSSR count). The second-order valence-corrected chi connectivity index (χ2v) is 8.74. The Hall–Kier alpha value is -0.930. The fourth-order valence-corrected chi connectivity index (χ4v) is 4.47. The van der Waals surface area contributed by atoms with E-state index in [9.17, 15) is 0 Å². The predicted octanol–water partition coefficient (Wildman–Crippen LogP) is 3.88. The first-order chi connectivity index (χ1) is 14.8. The first-order valence-corrected chi connectivity index (χ1v) is 12.2. The number of hydrogen-bond acceptors (Lipinski definition) is 4. The summed E-state index contributed by atoms with van der Waals surface area (Å²) in [5.74, 6) is 0.997. The summed E-state index contributed by atoms with van der Waals surface area (Å²) in [4.78, 5) is 14.4. The number of guanidine groups is 1. The van der Waals surface area contributed by atoms with Crippen LogP contribution in [0, 0.1) is 0 Å². The number of nitrogens with zero attached hydrogens (tertiary/aromatic N) is 4. The van der Waals surface area contributed by atoms with Crippen molar-refractivity contribution in [3.63, 3.8) is 0 Å². The molecule has 0 saturated carbocycles. The van der Waals surface area contributed by atoms with Crippen LogP contribution in [0.5, 0.6) is 0 Å². The Bertz CT molecular complexity index is 597. The fraction of sp³-hybridized carbons (Fsp3) is 0.750. The van der Waals surface area contributed by atoms with E-state index in [4.69, 9.17) is 4.99 Å². The molecule has 0 spiro atoms. The lowest BCUT2D eigenvalue weighted by Gasteiger charge is -2.32. The number of rotatable bonds is 10. The molecule has 2 fully saturated rings. The summed E-state index contributed by atoms with van der Waals surface area (Å²) in [6, 6.07) is 6.69. The molecule has 3 heterocycles. The van der Waals surface area contributed by atoms with Crippen LogP contribution < -0.4 is 10.6 Å². The molecule has 0 atom stereocenters. The van der Waals surface area contributed by atoms with Crippen molar-refractivity contribution in [2.45, 2.75) is 70.9 Å². The van der Waals surface area contributed by atoms with Crippen molar-refractivity contribution >= 4 is 29.9 Å². The van der Waals surface area contributed by atoms with Crippen LogP contribution in [0.15, 0.2) is 29.4 Å². The molecule has 2 aliphatic rings. The Labute approximate surface area is 206 Å². The third-order valence-electron chi connectivity index (χ3n) is 6.24. The third-order valence-corrected chi connectivity index (χ3v) is 6.24. The van der Waals surface area contributed by atoms with Gasteiger partial charge in [0.1, 0.15) is 0 Å². The minimum absolute atomic E-state index is 0. The molecule has 31 heavy (non-hydrogen) atoms. The van der Waals surface area contributed by atoms with Crippen molar-refractivity contribution < 1.29 is 0 Å². The molecule has 0 aromatic carbocycles. The highest BCUT2D eigenvalue weighted by atomic mass is 127. The Morgan fingerprint density at radius 1 is 1.03 bits per heavy atom. The van der Waals surface area contributed by atoms with Gasteiger partial charge in [-0.05, 0) is 77.2 Å². The Kier molecular flexibility index (Phi) is 13.4. The molecular formula is C24H43IN6. The number of hydrogen-bond donors (Lipinski definition) is 2. The first kappa shape index (κ1) is 26.3. The number of nitrogens with one attached hydrogen (secondary N) is 2. The smallest absolute Gasteiger partial charge is 0.191 e. The normalized spacial score (nSPS) is 19.1. The molecule has 0 unspecified atom stereocenters. The molecule has 1 aromatic heterocycles. The van der Waals surface area contributed by atoms with E-state index in [0.717, 1.165) is 51.5 Å². The van der Waals surface area contributed by atoms with E-state index in [0.29, 0.717) is 6.04 Å². The molecule has 1 aromatic rings. The van der Waals surface area contributed by atoms with Crippen LogP contribution in [0.3, 0.4) is 0 Å². The van der Waals surface area contributed by atoms with Gasteiger partial charge in [0.15, 0.2) is 5.96 Å². The summed E-state index contributed by atoms with van der Waals surface area (Å²) in [7, 11) is 0. The van der Waals surface area contributed by atoms with Crippen molar-refractivity contribution in [1.82, 2.24) is 25.4 Å². The van der Waals surface area contributed by atoms with E-state index >= 15 is 0 Å². The first-order valence-electron chi connectivity index (χ1n) is 12.2. The topological polar surface area (TPSA) is 55.8 Å². The largest absolute Gasteiger partial charge is 0.357 e. The molecule has 2 aliphatic heterocycles. The highest BCUT2D eigenvalue weighted by molar-refractivity contribution is 14.0. The van der Waals surface area contributed by atoms with Crippen molar-refractivity contribution in [2.75, 3.05) is 45.8 Å². The van der Waals surface area contributed by atoms with Gasteiger partial charge < -0.3 is 15.5 Å². The molecule has 2 N–H and O–H groups in total. The minimum Gasteiger partial charge on any atom is -0.357 e. The quantitative estimate of drug-likeness (QED) is 0.204. The number of halogens is 1. The summed E-state index contributed by atoms with van der Waals surface area (Å²) in [6.45, 7) is 11.1. The molecule has 0 aliphatic carbocycles. The van der Waals surface area contributed by atoms with Gasteiger partial charge in [-0.2, -0.15) is 0 Å². The van der Waals surface area contributed by atoms with Crippen molar-refractivity contribution in [3.8, 4) is 0 Å². The minimum atomic E-state index is 0. The van der Waals surface area contributed by atoms with Crippen LogP contribution in [-0.4, -0.2) is 72.6 Å². The zero-order chi connectivity index (χ0) is 20.9. The van der Waals surface area contributed by atoms with Gasteiger partial charge in [0.2, 0.25) is 0 Å². The Morgan fingerprint density at radius 3 is 2.55 bits per heavy atom. The number of likely N-dealkylation sites (tertiary alicyclic amines) is 2. The lowest BCUT2D eigenvalue weighted by atomic mass is 10.0. The van der Waals surface area contributed by atoms with Gasteiger partial charge in [0.25, 0.3) is 0 Å². The summed E-state index contributed by atoms with van der Waals surface area (Å²) in [6.07, 6.45) is 12.2. The van der Waals surface area contributed by atoms with Gasteiger partial charge in [0.05, 0.1) is 5.69 Å². The number of piperidine rings is 2. The number of unbranched alkanes of at least 4 members (excludes halogenated alkanes) is 2. The van der Waals surface area contributed by atoms with Gasteiger partial charge in [-0.25, -0.2) is 0 Å². The standard InChI is InChI=1S/C24H42N6.HI/c1-2-25-24(27-15-6-3-8-16-29-17-9-4-10-18-29)28-22-12-19-30(20-13-22)21-23-11-5-7-14-26-23;/h5,7,11,14,22H,2-4,6,8-10,12-13,15-21H2,1H3,(H2,25,27,28);1H. The van der Waals surface area contributed by atoms with Gasteiger partial charge in [-0.15, -0.1) is 24.0 Å². The summed E-state index contributed by atoms with van der Waals surface area (Å²) >= 11 is 0. The zero-order valence-corrected chi connectivity index (χ0v) is 21.7. The lowest BCUT2D eigenvalue weighted by Crippen LogP contribution is -2.48. The van der Waals surface area contributed by atoms with Crippen LogP contribution in [0.25, 0.3) is 0 Å². The second kappa shape index (κ2) is 15.8. The summed E-state index contributed by atoms with van der Waals surface area (Å²) in [5, 5.41) is 7.10.